The van der Waals surface area contributed by atoms with E-state index < -0.39 is 0 Å². The molecule has 0 radical (unpaired) electrons. The summed E-state index contributed by atoms with van der Waals surface area (Å²) < 4.78 is 0. The van der Waals surface area contributed by atoms with Crippen molar-refractivity contribution >= 4 is 5.57 Å². The molecule has 2 aromatic carbocycles. The predicted molar refractivity (Wildman–Crippen MR) is 74.2 cm³/mol. The van der Waals surface area contributed by atoms with Crippen molar-refractivity contribution in [2.24, 2.45) is 0 Å². The molecule has 1 aliphatic rings. The van der Waals surface area contributed by atoms with Crippen LogP contribution in [0.25, 0.3) is 5.57 Å². The summed E-state index contributed by atoms with van der Waals surface area (Å²) in [6.07, 6.45) is 2.45. The molecular formula is C17H16O. The van der Waals surface area contributed by atoms with E-state index in [1.807, 2.05) is 30.3 Å². The molecule has 2 atom stereocenters. The normalized spacial score (nSPS) is 22.8. The van der Waals surface area contributed by atoms with Crippen molar-refractivity contribution in [3.63, 3.8) is 0 Å². The van der Waals surface area contributed by atoms with Crippen molar-refractivity contribution in [2.75, 3.05) is 0 Å². The maximum absolute atomic E-state index is 9.92. The summed E-state index contributed by atoms with van der Waals surface area (Å²) in [5, 5.41) is 9.92. The highest BCUT2D eigenvalue weighted by molar-refractivity contribution is 5.74. The molecule has 0 spiro atoms. The number of hydrogen-bond donors (Lipinski definition) is 1. The Hall–Kier alpha value is -1.86. The third kappa shape index (κ3) is 2.09. The SMILES string of the molecule is O[C@@H]1C=C(c2ccccc2)[C@@H](c2ccccc2)C1. The standard InChI is InChI=1S/C17H16O/c18-15-11-16(13-7-3-1-4-8-13)17(12-15)14-9-5-2-6-10-14/h1-11,15,17-18H,12H2/t15-,17-/m1/s1. The van der Waals surface area contributed by atoms with Crippen molar-refractivity contribution in [1.29, 1.82) is 0 Å². The smallest absolute Gasteiger partial charge is 0.0736 e. The molecule has 1 N–H and O–H groups in total. The van der Waals surface area contributed by atoms with Crippen LogP contribution >= 0.6 is 0 Å². The van der Waals surface area contributed by atoms with Crippen LogP contribution in [0.4, 0.5) is 0 Å². The highest BCUT2D eigenvalue weighted by Crippen LogP contribution is 2.40. The Bertz CT molecular complexity index is 542. The number of rotatable bonds is 2. The fourth-order valence-corrected chi connectivity index (χ4v) is 2.69. The zero-order chi connectivity index (χ0) is 12.4. The van der Waals surface area contributed by atoms with E-state index in [0.717, 1.165) is 6.42 Å². The van der Waals surface area contributed by atoms with Crippen LogP contribution in [-0.2, 0) is 0 Å². The van der Waals surface area contributed by atoms with Crippen molar-refractivity contribution < 1.29 is 5.11 Å². The molecule has 90 valence electrons. The number of benzene rings is 2. The van der Waals surface area contributed by atoms with Crippen molar-refractivity contribution in [2.45, 2.75) is 18.4 Å². The molecular weight excluding hydrogens is 220 g/mol. The van der Waals surface area contributed by atoms with Crippen LogP contribution < -0.4 is 0 Å². The van der Waals surface area contributed by atoms with Crippen molar-refractivity contribution in [3.8, 4) is 0 Å². The highest BCUT2D eigenvalue weighted by Gasteiger charge is 2.27. The van der Waals surface area contributed by atoms with Gasteiger partial charge in [0.25, 0.3) is 0 Å². The minimum absolute atomic E-state index is 0.309. The summed E-state index contributed by atoms with van der Waals surface area (Å²) in [5.74, 6) is 0.309. The molecule has 2 aromatic rings. The van der Waals surface area contributed by atoms with E-state index in [1.165, 1.54) is 16.7 Å². The second-order valence-electron chi connectivity index (χ2n) is 4.75. The first kappa shape index (κ1) is 11.2. The fraction of sp³-hybridized carbons (Fsp3) is 0.176. The van der Waals surface area contributed by atoms with E-state index in [0.29, 0.717) is 5.92 Å². The second kappa shape index (κ2) is 4.79. The minimum atomic E-state index is -0.328. The molecule has 0 bridgehead atoms. The Kier molecular flexibility index (Phi) is 2.99. The summed E-state index contributed by atoms with van der Waals surface area (Å²) >= 11 is 0. The van der Waals surface area contributed by atoms with Gasteiger partial charge < -0.3 is 5.11 Å². The number of allylic oxidation sites excluding steroid dienone is 1. The summed E-state index contributed by atoms with van der Waals surface area (Å²) in [4.78, 5) is 0. The predicted octanol–water partition coefficient (Wildman–Crippen LogP) is 3.62. The van der Waals surface area contributed by atoms with Gasteiger partial charge in [-0.1, -0.05) is 66.7 Å². The Balaban J connectivity index is 1.99. The van der Waals surface area contributed by atoms with Gasteiger partial charge in [-0.25, -0.2) is 0 Å². The first-order chi connectivity index (χ1) is 8.84. The van der Waals surface area contributed by atoms with E-state index in [1.54, 1.807) is 0 Å². The van der Waals surface area contributed by atoms with Crippen LogP contribution in [0.1, 0.15) is 23.5 Å². The van der Waals surface area contributed by atoms with E-state index in [4.69, 9.17) is 0 Å². The van der Waals surface area contributed by atoms with Crippen molar-refractivity contribution in [1.82, 2.24) is 0 Å². The highest BCUT2D eigenvalue weighted by atomic mass is 16.3. The van der Waals surface area contributed by atoms with E-state index in [-0.39, 0.29) is 6.10 Å². The van der Waals surface area contributed by atoms with Crippen LogP contribution in [0.15, 0.2) is 66.7 Å². The zero-order valence-electron chi connectivity index (χ0n) is 10.2. The quantitative estimate of drug-likeness (QED) is 0.844. The molecule has 1 heteroatoms. The van der Waals surface area contributed by atoms with Crippen LogP contribution in [0.5, 0.6) is 0 Å². The van der Waals surface area contributed by atoms with Crippen LogP contribution in [0.2, 0.25) is 0 Å². The maximum Gasteiger partial charge on any atom is 0.0736 e. The van der Waals surface area contributed by atoms with Gasteiger partial charge in [-0.05, 0) is 23.1 Å². The molecule has 0 unspecified atom stereocenters. The maximum atomic E-state index is 9.92. The molecule has 0 saturated carbocycles. The van der Waals surface area contributed by atoms with Gasteiger partial charge in [-0.2, -0.15) is 0 Å². The molecule has 0 fully saturated rings. The Morgan fingerprint density at radius 3 is 2.11 bits per heavy atom. The molecule has 1 nitrogen and oxygen atoms in total. The second-order valence-corrected chi connectivity index (χ2v) is 4.75. The zero-order valence-corrected chi connectivity index (χ0v) is 10.2. The lowest BCUT2D eigenvalue weighted by Crippen LogP contribution is -2.02. The molecule has 0 heterocycles. The summed E-state index contributed by atoms with van der Waals surface area (Å²) in [6, 6.07) is 20.8. The Labute approximate surface area is 107 Å². The lowest BCUT2D eigenvalue weighted by molar-refractivity contribution is 0.218. The van der Waals surface area contributed by atoms with Crippen LogP contribution in [-0.4, -0.2) is 11.2 Å². The average Bonchev–Trinajstić information content (AvgIpc) is 2.83. The topological polar surface area (TPSA) is 20.2 Å². The molecule has 0 aliphatic heterocycles. The van der Waals surface area contributed by atoms with E-state index >= 15 is 0 Å². The molecule has 0 amide bonds. The van der Waals surface area contributed by atoms with Crippen LogP contribution in [0.3, 0.4) is 0 Å². The third-order valence-corrected chi connectivity index (χ3v) is 3.53. The Morgan fingerprint density at radius 2 is 1.44 bits per heavy atom. The largest absolute Gasteiger partial charge is 0.389 e. The molecule has 0 aromatic heterocycles. The summed E-state index contributed by atoms with van der Waals surface area (Å²) in [6.45, 7) is 0. The lowest BCUT2D eigenvalue weighted by Gasteiger charge is -2.15. The number of aliphatic hydroxyl groups excluding tert-OH is 1. The van der Waals surface area contributed by atoms with Gasteiger partial charge in [0.2, 0.25) is 0 Å². The minimum Gasteiger partial charge on any atom is -0.389 e. The molecule has 3 rings (SSSR count). The third-order valence-electron chi connectivity index (χ3n) is 3.53. The van der Waals surface area contributed by atoms with Gasteiger partial charge in [0.1, 0.15) is 0 Å². The van der Waals surface area contributed by atoms with Gasteiger partial charge in [-0.3, -0.25) is 0 Å². The first-order valence-corrected chi connectivity index (χ1v) is 6.35. The average molecular weight is 236 g/mol. The molecule has 0 saturated heterocycles. The lowest BCUT2D eigenvalue weighted by atomic mass is 9.88. The fourth-order valence-electron chi connectivity index (χ4n) is 2.69. The van der Waals surface area contributed by atoms with Gasteiger partial charge >= 0.3 is 0 Å². The monoisotopic (exact) mass is 236 g/mol. The van der Waals surface area contributed by atoms with Crippen LogP contribution in [0, 0.1) is 0 Å². The van der Waals surface area contributed by atoms with Gasteiger partial charge in [0.05, 0.1) is 6.10 Å². The molecule has 18 heavy (non-hydrogen) atoms. The van der Waals surface area contributed by atoms with E-state index in [2.05, 4.69) is 36.4 Å². The number of hydrogen-bond acceptors (Lipinski definition) is 1. The van der Waals surface area contributed by atoms with E-state index in [9.17, 15) is 5.11 Å². The van der Waals surface area contributed by atoms with Gasteiger partial charge in [0.15, 0.2) is 0 Å². The Morgan fingerprint density at radius 1 is 0.833 bits per heavy atom. The summed E-state index contributed by atoms with van der Waals surface area (Å²) in [5.41, 5.74) is 3.74. The van der Waals surface area contributed by atoms with Crippen molar-refractivity contribution in [3.05, 3.63) is 77.9 Å². The summed E-state index contributed by atoms with van der Waals surface area (Å²) in [7, 11) is 0. The first-order valence-electron chi connectivity index (χ1n) is 6.35. The number of aliphatic hydroxyl groups is 1. The van der Waals surface area contributed by atoms with Gasteiger partial charge in [-0.15, -0.1) is 0 Å². The van der Waals surface area contributed by atoms with Gasteiger partial charge in [0, 0.05) is 5.92 Å². The molecule has 1 aliphatic carbocycles.